The summed E-state index contributed by atoms with van der Waals surface area (Å²) in [5.41, 5.74) is 2.77. The van der Waals surface area contributed by atoms with Crippen molar-refractivity contribution in [2.45, 2.75) is 251 Å². The van der Waals surface area contributed by atoms with Gasteiger partial charge in [-0.15, -0.1) is 0 Å². The summed E-state index contributed by atoms with van der Waals surface area (Å²) in [5, 5.41) is 19.2. The summed E-state index contributed by atoms with van der Waals surface area (Å²) in [6, 6.07) is 38.7. The number of Topliss-reactive ketones (excluding diaryl/α,β-unsaturated/α-hetero) is 4. The number of halogens is 1. The van der Waals surface area contributed by atoms with Crippen LogP contribution in [0.3, 0.4) is 0 Å². The molecule has 139 heavy (non-hydrogen) atoms. The Morgan fingerprint density at radius 3 is 1.44 bits per heavy atom. The average Bonchev–Trinajstić information content (AvgIpc) is 1.59. The van der Waals surface area contributed by atoms with Gasteiger partial charge in [0.25, 0.3) is 0 Å². The van der Waals surface area contributed by atoms with E-state index >= 15 is 0 Å². The minimum atomic E-state index is -1.65. The van der Waals surface area contributed by atoms with Crippen LogP contribution in [0.25, 0.3) is 34.0 Å². The van der Waals surface area contributed by atoms with Gasteiger partial charge in [-0.2, -0.15) is 10.5 Å². The third-order valence-electron chi connectivity index (χ3n) is 26.5. The number of nitrogens with two attached hydrogens (primary N) is 1. The summed E-state index contributed by atoms with van der Waals surface area (Å²) in [6.07, 6.45) is 6.36. The molecule has 0 radical (unpaired) electrons. The van der Waals surface area contributed by atoms with E-state index in [9.17, 15) is 53.2 Å². The number of amides is 1. The molecule has 7 aromatic rings. The first kappa shape index (κ1) is 111. The van der Waals surface area contributed by atoms with Crippen LogP contribution < -0.4 is 5.73 Å². The van der Waals surface area contributed by atoms with Crippen molar-refractivity contribution in [3.8, 4) is 12.1 Å². The first-order valence-electron chi connectivity index (χ1n) is 47.1. The number of likely N-dealkylation sites (N-methyl/N-ethyl adjacent to an activating group) is 2. The molecule has 32 nitrogen and oxygen atoms in total. The predicted molar refractivity (Wildman–Crippen MR) is 530 cm³/mol. The molecule has 4 fully saturated rings. The lowest BCUT2D eigenvalue weighted by molar-refractivity contribution is -0.296. The molecule has 24 atom stereocenters. The molecule has 12 rings (SSSR count). The van der Waals surface area contributed by atoms with Crippen molar-refractivity contribution in [3.63, 3.8) is 0 Å². The third-order valence-corrected chi connectivity index (χ3v) is 26.5. The predicted octanol–water partition coefficient (Wildman–Crippen LogP) is 15.8. The number of rotatable bonds is 22. The highest BCUT2D eigenvalue weighted by molar-refractivity contribution is 14.1. The number of hydrogen-bond acceptors (Lipinski definition) is 30. The summed E-state index contributed by atoms with van der Waals surface area (Å²) in [4.78, 5) is 162. The number of nitrogens with zero attached hydrogens (tertiary/aromatic N) is 9. The van der Waals surface area contributed by atoms with Crippen LogP contribution in [0, 0.1) is 64.1 Å². The van der Waals surface area contributed by atoms with Crippen molar-refractivity contribution in [1.82, 2.24) is 34.2 Å². The van der Waals surface area contributed by atoms with Gasteiger partial charge < -0.3 is 72.4 Å². The SMILES string of the molecule is CC[C@H]1OC(=O)[C@H](C)C(=O)[C@H](C)[C@@H](O[C@@H]2O[C@H](C)C[C@H](N(C)C)[C@H]2OC(=O)c2ccccc2)[C@](C)(OC/C=C/c2cnc3ccccc3c2)C[C@@H](C)C(=O)/C(C)=C/[C@]1(C)OC(=O)n1ccnc1.CC[C@H]1OC(=O)[C@H](C)C(=O)[C@H](C)[C@@H](O[C@@H]2O[C@H](C)C[C@H](N(C)C)[C@H]2OC(=O)c2ccccc2)[C@](C)(OC/C=C/c2cnc3ccccc3c2)C[C@@H](C)C(=O)[C@H](C)[C@H]2N(CC#N)C(=O)O[C@]12C.CI.N#CCN. The Balaban J connectivity index is 0.000000294. The van der Waals surface area contributed by atoms with Crippen molar-refractivity contribution in [2.75, 3.05) is 59.4 Å². The molecule has 3 aromatic heterocycles. The fraction of sp³-hybridized carbons (Fsp3) is 0.519. The van der Waals surface area contributed by atoms with E-state index in [2.05, 4.69) is 43.3 Å². The fourth-order valence-corrected chi connectivity index (χ4v) is 19.4. The number of carbonyl (C=O) groups is 10. The Morgan fingerprint density at radius 2 is 1.02 bits per heavy atom. The summed E-state index contributed by atoms with van der Waals surface area (Å²) in [6.45, 7) is 26.7. The van der Waals surface area contributed by atoms with Crippen LogP contribution in [0.1, 0.15) is 181 Å². The van der Waals surface area contributed by atoms with Crippen molar-refractivity contribution in [3.05, 3.63) is 198 Å². The zero-order valence-corrected chi connectivity index (χ0v) is 85.6. The number of para-hydroxylation sites is 2. The smallest absolute Gasteiger partial charge is 0.420 e. The molecule has 0 spiro atoms. The molecule has 0 saturated carbocycles. The average molecular weight is 2030 g/mol. The number of ether oxygens (including phenoxy) is 12. The maximum atomic E-state index is 14.9. The van der Waals surface area contributed by atoms with E-state index in [-0.39, 0.29) is 93.4 Å². The topological polar surface area (TPSA) is 408 Å². The molecule has 0 aliphatic carbocycles. The number of hydrogen-bond donors (Lipinski definition) is 1. The highest BCUT2D eigenvalue weighted by Crippen LogP contribution is 2.46. The van der Waals surface area contributed by atoms with Gasteiger partial charge in [0.15, 0.2) is 53.3 Å². The number of imidazole rings is 1. The highest BCUT2D eigenvalue weighted by atomic mass is 127. The van der Waals surface area contributed by atoms with Gasteiger partial charge in [-0.3, -0.25) is 43.6 Å². The number of esters is 4. The summed E-state index contributed by atoms with van der Waals surface area (Å²) in [7, 11) is 7.51. The molecule has 5 aliphatic rings. The number of aromatic nitrogens is 4. The lowest BCUT2D eigenvalue weighted by atomic mass is 9.73. The lowest BCUT2D eigenvalue weighted by Crippen LogP contribution is -2.61. The monoisotopic (exact) mass is 2030 g/mol. The normalized spacial score (nSPS) is 31.0. The molecule has 5 aliphatic heterocycles. The zero-order chi connectivity index (χ0) is 102. The fourth-order valence-electron chi connectivity index (χ4n) is 19.4. The second-order valence-electron chi connectivity index (χ2n) is 37.5. The Labute approximate surface area is 828 Å². The molecule has 4 aromatic carbocycles. The Bertz CT molecular complexity index is 5560. The Kier molecular flexibility index (Phi) is 40.7. The van der Waals surface area contributed by atoms with Gasteiger partial charge >= 0.3 is 36.1 Å². The van der Waals surface area contributed by atoms with Crippen molar-refractivity contribution >= 4 is 116 Å². The van der Waals surface area contributed by atoms with Crippen molar-refractivity contribution in [1.29, 1.82) is 10.5 Å². The van der Waals surface area contributed by atoms with Crippen LogP contribution in [0.15, 0.2) is 176 Å². The van der Waals surface area contributed by atoms with Gasteiger partial charge in [0.05, 0.1) is 108 Å². The van der Waals surface area contributed by atoms with Gasteiger partial charge in [-0.25, -0.2) is 28.7 Å². The first-order valence-corrected chi connectivity index (χ1v) is 49.3. The lowest BCUT2D eigenvalue weighted by Gasteiger charge is -2.48. The highest BCUT2D eigenvalue weighted by Gasteiger charge is 2.62. The number of alkyl halides is 1. The van der Waals surface area contributed by atoms with Gasteiger partial charge in [0.2, 0.25) is 0 Å². The van der Waals surface area contributed by atoms with E-state index in [0.717, 1.165) is 37.5 Å². The molecule has 0 unspecified atom stereocenters. The molecule has 748 valence electrons. The number of fused-ring (bicyclic) bond motifs is 3. The van der Waals surface area contributed by atoms with Gasteiger partial charge in [0.1, 0.15) is 42.7 Å². The minimum absolute atomic E-state index is 0.00650. The van der Waals surface area contributed by atoms with E-state index < -0.39 is 167 Å². The van der Waals surface area contributed by atoms with Crippen LogP contribution in [-0.4, -0.2) is 255 Å². The molecule has 4 saturated heterocycles. The minimum Gasteiger partial charge on any atom is -0.458 e. The second kappa shape index (κ2) is 50.8. The Morgan fingerprint density at radius 1 is 0.590 bits per heavy atom. The molecular weight excluding hydrogens is 1890 g/mol. The summed E-state index contributed by atoms with van der Waals surface area (Å²) < 4.78 is 78.7. The first-order chi connectivity index (χ1) is 66.1. The van der Waals surface area contributed by atoms with Crippen LogP contribution in [-0.2, 0) is 85.6 Å². The number of nitriles is 2. The van der Waals surface area contributed by atoms with E-state index in [1.807, 2.05) is 148 Å². The largest absolute Gasteiger partial charge is 0.458 e. The van der Waals surface area contributed by atoms with E-state index in [1.165, 1.54) is 43.5 Å². The van der Waals surface area contributed by atoms with Crippen LogP contribution in [0.2, 0.25) is 0 Å². The standard InChI is InChI=1S/C52H64N4O11.C51H64N4O11.C2H4N2.CH3I/c1-11-42-51(7,67-50(61)56-24-23-53-31-56)28-32(2)43(57)33(3)29-52(8,62-25-17-18-37-27-39-21-15-16-22-40(39)54-30-37)46(35(5)44(58)36(6)47(59)64-42)66-49-45(41(55(9)10)26-34(4)63-49)65-48(60)38-19-13-12-14-20-38;1-11-40-51(8)44(55(24-23-52)49(60)66-51)32(4)41(56)30(2)28-50(7,61-25-17-18-35-27-37-21-15-16-22-38(37)53-29-35)45(33(5)42(57)34(6)46(58)63-40)65-48-43(39(54(9)10)26-31(3)62-48)64-47(59)36-19-13-12-14-20-36;3-1-2-4;1-2/h12-24,27-28,30-31,33-36,41-42,45-46,49H,11,25-26,29H2,1-10H3;12-22,27,29-34,39-40,43-45,48H,11,24-26,28H2,1-10H3;1,3H2;1H3/b18-17+,32-28+;18-17+;;/t33-,34-,35+,36-,41+,42-,45-,46-,49+,51+,52-;30-,31-,32+,33+,34-,39+,40-,43-,44-,45-,48+,50-,51-;;/m11../s1. The number of carbonyl (C=O) groups excluding carboxylic acids is 10. The van der Waals surface area contributed by atoms with Gasteiger partial charge in [0, 0.05) is 65.1 Å². The van der Waals surface area contributed by atoms with E-state index in [1.54, 1.807) is 162 Å². The molecule has 0 bridgehead atoms. The summed E-state index contributed by atoms with van der Waals surface area (Å²) >= 11 is 2.15. The van der Waals surface area contributed by atoms with Crippen molar-refractivity contribution in [2.24, 2.45) is 47.2 Å². The van der Waals surface area contributed by atoms with Crippen LogP contribution >= 0.6 is 22.6 Å². The third kappa shape index (κ3) is 27.7. The van der Waals surface area contributed by atoms with Crippen LogP contribution in [0.4, 0.5) is 9.59 Å². The number of ketones is 4. The Hall–Kier alpha value is -11.2. The quantitative estimate of drug-likeness (QED) is 0.0164. The molecule has 1 amide bonds. The van der Waals surface area contributed by atoms with Crippen molar-refractivity contribution < 1.29 is 105 Å². The zero-order valence-electron chi connectivity index (χ0n) is 83.4. The number of allylic oxidation sites excluding steroid dienone is 1. The maximum absolute atomic E-state index is 14.9. The number of pyridine rings is 2. The molecule has 33 heteroatoms. The van der Waals surface area contributed by atoms with E-state index in [0.29, 0.717) is 24.0 Å². The van der Waals surface area contributed by atoms with Crippen LogP contribution in [0.5, 0.6) is 0 Å². The number of cyclic esters (lactones) is 2. The molecule has 8 heterocycles. The van der Waals surface area contributed by atoms with Gasteiger partial charge in [-0.1, -0.05) is 168 Å². The maximum Gasteiger partial charge on any atom is 0.420 e. The molecular formula is C106H135IN10O22. The summed E-state index contributed by atoms with van der Waals surface area (Å²) in [5.74, 6) is -12.0. The second-order valence-corrected chi connectivity index (χ2v) is 37.5. The van der Waals surface area contributed by atoms with E-state index in [4.69, 9.17) is 62.1 Å². The number of benzene rings is 4. The van der Waals surface area contributed by atoms with Gasteiger partial charge in [-0.05, 0) is 205 Å². The molecule has 2 N–H and O–H groups in total.